The van der Waals surface area contributed by atoms with Crippen molar-refractivity contribution in [2.24, 2.45) is 11.8 Å². The Balaban J connectivity index is 1.94. The molecule has 0 aromatic carbocycles. The molecule has 0 aromatic rings. The van der Waals surface area contributed by atoms with Gasteiger partial charge < -0.3 is 4.74 Å². The first-order valence-corrected chi connectivity index (χ1v) is 8.44. The van der Waals surface area contributed by atoms with E-state index in [1.807, 2.05) is 0 Å². The molecule has 0 heterocycles. The number of carbonyl (C=O) groups excluding carboxylic acids is 1. The van der Waals surface area contributed by atoms with Crippen LogP contribution in [0.15, 0.2) is 23.8 Å². The van der Waals surface area contributed by atoms with E-state index in [4.69, 9.17) is 0 Å². The van der Waals surface area contributed by atoms with E-state index in [-0.39, 0.29) is 11.5 Å². The van der Waals surface area contributed by atoms with Crippen LogP contribution in [0.3, 0.4) is 0 Å². The zero-order valence-electron chi connectivity index (χ0n) is 14.6. The lowest BCUT2D eigenvalue weighted by Crippen LogP contribution is -2.48. The Kier molecular flexibility index (Phi) is 6.35. The Bertz CT molecular complexity index is 684. The predicted molar refractivity (Wildman–Crippen MR) is 79.4 cm³/mol. The monoisotopic (exact) mass is 442 g/mol. The van der Waals surface area contributed by atoms with Crippen molar-refractivity contribution in [2.45, 2.75) is 55.8 Å². The van der Waals surface area contributed by atoms with E-state index in [0.717, 1.165) is 0 Å². The summed E-state index contributed by atoms with van der Waals surface area (Å²) in [6, 6.07) is 0. The van der Waals surface area contributed by atoms with E-state index in [9.17, 15) is 48.7 Å². The molecule has 2 rings (SSSR count). The third-order valence-electron chi connectivity index (χ3n) is 4.76. The van der Waals surface area contributed by atoms with E-state index in [1.54, 1.807) is 12.2 Å². The van der Waals surface area contributed by atoms with Crippen LogP contribution >= 0.6 is 0 Å². The molecule has 2 nitrogen and oxygen atoms in total. The Labute approximate surface area is 158 Å². The van der Waals surface area contributed by atoms with Gasteiger partial charge in [0.15, 0.2) is 6.61 Å². The summed E-state index contributed by atoms with van der Waals surface area (Å²) in [7, 11) is 0. The first-order chi connectivity index (χ1) is 13.1. The van der Waals surface area contributed by atoms with Crippen molar-refractivity contribution >= 4 is 5.97 Å². The summed E-state index contributed by atoms with van der Waals surface area (Å²) < 4.78 is 136. The predicted octanol–water partition coefficient (Wildman–Crippen LogP) is 5.64. The van der Waals surface area contributed by atoms with E-state index < -0.39 is 67.9 Å². The lowest BCUT2D eigenvalue weighted by molar-refractivity contribution is -0.258. The van der Waals surface area contributed by atoms with Crippen molar-refractivity contribution in [1.82, 2.24) is 0 Å². The van der Waals surface area contributed by atoms with E-state index in [1.165, 1.54) is 6.08 Å². The third-order valence-corrected chi connectivity index (χ3v) is 4.76. The molecule has 0 amide bonds. The van der Waals surface area contributed by atoms with Gasteiger partial charge in [-0.2, -0.15) is 35.1 Å². The molecule has 0 saturated heterocycles. The number of hydrogen-bond donors (Lipinski definition) is 0. The zero-order chi connectivity index (χ0) is 22.3. The van der Waals surface area contributed by atoms with E-state index in [2.05, 4.69) is 4.74 Å². The molecule has 0 saturated carbocycles. The summed E-state index contributed by atoms with van der Waals surface area (Å²) in [5.41, 5.74) is 0.00907. The minimum atomic E-state index is -5.36. The average molecular weight is 442 g/mol. The summed E-state index contributed by atoms with van der Waals surface area (Å²) >= 11 is 0. The quantitative estimate of drug-likeness (QED) is 0.249. The highest BCUT2D eigenvalue weighted by Crippen LogP contribution is 2.46. The van der Waals surface area contributed by atoms with Crippen LogP contribution in [-0.4, -0.2) is 42.7 Å². The summed E-state index contributed by atoms with van der Waals surface area (Å²) in [5.74, 6) is -22.9. The fourth-order valence-electron chi connectivity index (χ4n) is 3.02. The second-order valence-electron chi connectivity index (χ2n) is 7.00. The fraction of sp³-hybridized carbons (Fsp3) is 0.706. The van der Waals surface area contributed by atoms with Crippen LogP contribution in [0.2, 0.25) is 0 Å². The van der Waals surface area contributed by atoms with Gasteiger partial charge in [-0.1, -0.05) is 18.2 Å². The molecule has 2 unspecified atom stereocenters. The number of ether oxygens (including phenoxy) is 1. The smallest absolute Gasteiger partial charge is 0.343 e. The number of esters is 1. The van der Waals surface area contributed by atoms with Crippen LogP contribution < -0.4 is 0 Å². The van der Waals surface area contributed by atoms with Crippen LogP contribution in [-0.2, 0) is 9.53 Å². The van der Waals surface area contributed by atoms with Gasteiger partial charge in [0.05, 0.1) is 6.42 Å². The number of rotatable bonds is 10. The van der Waals surface area contributed by atoms with Gasteiger partial charge in [-0.25, -0.2) is 13.6 Å². The average Bonchev–Trinajstić information content (AvgIpc) is 3.20. The lowest BCUT2D eigenvalue weighted by Gasteiger charge is -2.30. The Morgan fingerprint density at radius 2 is 1.48 bits per heavy atom. The van der Waals surface area contributed by atoms with Crippen LogP contribution in [0.5, 0.6) is 0 Å². The molecular formula is C17H16F10O2. The van der Waals surface area contributed by atoms with Crippen molar-refractivity contribution in [3.05, 3.63) is 23.8 Å². The molecular weight excluding hydrogens is 426 g/mol. The Hall–Kier alpha value is -1.75. The molecule has 2 atom stereocenters. The maximum Gasteiger partial charge on any atom is 0.343 e. The number of halogens is 10. The number of fused-ring (bicyclic) bond motifs is 2. The normalized spacial score (nSPS) is 22.4. The van der Waals surface area contributed by atoms with Crippen molar-refractivity contribution in [2.75, 3.05) is 6.61 Å². The highest BCUT2D eigenvalue weighted by atomic mass is 19.3. The molecule has 0 fully saturated rings. The van der Waals surface area contributed by atoms with Crippen molar-refractivity contribution in [3.8, 4) is 0 Å². The van der Waals surface area contributed by atoms with E-state index >= 15 is 0 Å². The SMILES string of the molecule is O=C(OCC(F)(F)C(F)(F)CCC(F)(F)C(F)(F)CC(F)F)C1=CC2C=CC1C2. The third kappa shape index (κ3) is 5.06. The van der Waals surface area contributed by atoms with Gasteiger partial charge in [-0.3, -0.25) is 0 Å². The van der Waals surface area contributed by atoms with Crippen molar-refractivity contribution in [1.29, 1.82) is 0 Å². The van der Waals surface area contributed by atoms with Gasteiger partial charge in [0.2, 0.25) is 6.43 Å². The highest BCUT2D eigenvalue weighted by Gasteiger charge is 2.62. The first kappa shape index (κ1) is 23.5. The number of alkyl halides is 10. The maximum absolute atomic E-state index is 13.7. The van der Waals surface area contributed by atoms with Crippen LogP contribution in [0, 0.1) is 11.8 Å². The van der Waals surface area contributed by atoms with Gasteiger partial charge in [-0.15, -0.1) is 0 Å². The van der Waals surface area contributed by atoms with Crippen molar-refractivity contribution in [3.63, 3.8) is 0 Å². The molecule has 0 aromatic heterocycles. The lowest BCUT2D eigenvalue weighted by atomic mass is 9.98. The molecule has 2 aliphatic rings. The topological polar surface area (TPSA) is 26.3 Å². The molecule has 0 N–H and O–H groups in total. The van der Waals surface area contributed by atoms with Crippen LogP contribution in [0.4, 0.5) is 43.9 Å². The molecule has 166 valence electrons. The summed E-state index contributed by atoms with van der Waals surface area (Å²) in [5, 5.41) is 0. The van der Waals surface area contributed by atoms with Gasteiger partial charge >= 0.3 is 29.7 Å². The minimum Gasteiger partial charge on any atom is -0.456 e. The Morgan fingerprint density at radius 1 is 0.931 bits per heavy atom. The Morgan fingerprint density at radius 3 is 1.93 bits per heavy atom. The largest absolute Gasteiger partial charge is 0.456 e. The van der Waals surface area contributed by atoms with Gasteiger partial charge in [-0.05, 0) is 12.3 Å². The molecule has 2 bridgehead atoms. The minimum absolute atomic E-state index is 0.00907. The second-order valence-corrected chi connectivity index (χ2v) is 7.00. The molecule has 0 radical (unpaired) electrons. The van der Waals surface area contributed by atoms with Gasteiger partial charge in [0.25, 0.3) is 0 Å². The van der Waals surface area contributed by atoms with Gasteiger partial charge in [0.1, 0.15) is 0 Å². The number of allylic oxidation sites excluding steroid dienone is 3. The van der Waals surface area contributed by atoms with Crippen LogP contribution in [0.1, 0.15) is 25.7 Å². The number of carbonyl (C=O) groups is 1. The van der Waals surface area contributed by atoms with Crippen LogP contribution in [0.25, 0.3) is 0 Å². The summed E-state index contributed by atoms with van der Waals surface area (Å²) in [4.78, 5) is 11.8. The number of hydrogen-bond acceptors (Lipinski definition) is 2. The molecule has 0 aliphatic heterocycles. The zero-order valence-corrected chi connectivity index (χ0v) is 14.6. The van der Waals surface area contributed by atoms with Gasteiger partial charge in [0, 0.05) is 24.3 Å². The van der Waals surface area contributed by atoms with E-state index in [0.29, 0.717) is 6.42 Å². The highest BCUT2D eigenvalue weighted by molar-refractivity contribution is 5.90. The summed E-state index contributed by atoms with van der Waals surface area (Å²) in [6.45, 7) is -2.16. The standard InChI is InChI=1S/C17H16F10O2/c18-12(19)7-16(24,25)14(20,21)3-4-15(22,23)17(26,27)8-29-13(28)11-6-9-1-2-10(11)5-9/h1-2,6,9-10,12H,3-5,7-8H2. The summed E-state index contributed by atoms with van der Waals surface area (Å²) in [6.07, 6.45) is -6.04. The molecule has 0 spiro atoms. The molecule has 12 heteroatoms. The molecule has 2 aliphatic carbocycles. The first-order valence-electron chi connectivity index (χ1n) is 8.44. The maximum atomic E-state index is 13.7. The second kappa shape index (κ2) is 7.82. The fourth-order valence-corrected chi connectivity index (χ4v) is 3.02. The molecule has 29 heavy (non-hydrogen) atoms. The van der Waals surface area contributed by atoms with Crippen molar-refractivity contribution < 1.29 is 53.4 Å².